The maximum atomic E-state index is 13.2. The number of benzene rings is 3. The number of ketones is 1. The number of hydrogen-bond acceptors (Lipinski definition) is 5. The molecule has 0 atom stereocenters. The van der Waals surface area contributed by atoms with Gasteiger partial charge >= 0.3 is 0 Å². The van der Waals surface area contributed by atoms with E-state index in [1.165, 1.54) is 18.2 Å². The molecule has 0 saturated carbocycles. The molecule has 3 aromatic carbocycles. The summed E-state index contributed by atoms with van der Waals surface area (Å²) in [5.74, 6) is -0.810. The van der Waals surface area contributed by atoms with Gasteiger partial charge < -0.3 is 10.4 Å². The number of halogens is 1. The van der Waals surface area contributed by atoms with Crippen LogP contribution in [0.2, 0.25) is 0 Å². The molecule has 0 fully saturated rings. The van der Waals surface area contributed by atoms with Crippen LogP contribution in [0, 0.1) is 5.82 Å². The first-order chi connectivity index (χ1) is 14.3. The number of carbonyl (C=O) groups is 1. The largest absolute Gasteiger partial charge is 0.508 e. The Morgan fingerprint density at radius 2 is 1.50 bits per heavy atom. The van der Waals surface area contributed by atoms with Gasteiger partial charge in [-0.25, -0.2) is 4.39 Å². The average molecular weight is 422 g/mol. The highest BCUT2D eigenvalue weighted by Gasteiger charge is 2.26. The van der Waals surface area contributed by atoms with Crippen molar-refractivity contribution in [1.29, 1.82) is 0 Å². The first-order valence-corrected chi connectivity index (χ1v) is 10.3. The maximum absolute atomic E-state index is 13.2. The SMILES string of the molecule is O=C1C(Nc2ccc(O)cc2)=C/C(=N/S(=O)(=O)c2ccc(F)cc2)c2ccccc21. The third kappa shape index (κ3) is 3.85. The Labute approximate surface area is 172 Å². The zero-order valence-corrected chi connectivity index (χ0v) is 16.2. The number of phenolic OH excluding ortho intramolecular Hbond substituents is 1. The van der Waals surface area contributed by atoms with Crippen molar-refractivity contribution in [3.05, 3.63) is 102 Å². The van der Waals surface area contributed by atoms with E-state index in [0.29, 0.717) is 16.8 Å². The monoisotopic (exact) mass is 422 g/mol. The molecule has 0 aromatic heterocycles. The predicted molar refractivity (Wildman–Crippen MR) is 111 cm³/mol. The van der Waals surface area contributed by atoms with E-state index in [1.807, 2.05) is 0 Å². The molecule has 0 radical (unpaired) electrons. The smallest absolute Gasteiger partial charge is 0.282 e. The van der Waals surface area contributed by atoms with Crippen molar-refractivity contribution in [3.8, 4) is 5.75 Å². The molecule has 0 amide bonds. The lowest BCUT2D eigenvalue weighted by atomic mass is 9.92. The van der Waals surface area contributed by atoms with E-state index < -0.39 is 15.8 Å². The molecule has 2 N–H and O–H groups in total. The lowest BCUT2D eigenvalue weighted by Gasteiger charge is -2.18. The van der Waals surface area contributed by atoms with Gasteiger partial charge in [0.25, 0.3) is 10.0 Å². The first kappa shape index (κ1) is 19.5. The standard InChI is InChI=1S/C22H15FN2O4S/c23-14-5-11-17(12-6-14)30(28,29)25-20-13-21(24-15-7-9-16(26)10-8-15)22(27)19-4-2-1-3-18(19)20/h1-13,24,26H/b25-20-. The molecule has 0 aliphatic heterocycles. The summed E-state index contributed by atoms with van der Waals surface area (Å²) in [6.07, 6.45) is 1.36. The van der Waals surface area contributed by atoms with E-state index in [4.69, 9.17) is 0 Å². The minimum Gasteiger partial charge on any atom is -0.508 e. The summed E-state index contributed by atoms with van der Waals surface area (Å²) in [4.78, 5) is 12.7. The summed E-state index contributed by atoms with van der Waals surface area (Å²) in [6, 6.07) is 17.0. The van der Waals surface area contributed by atoms with E-state index in [2.05, 4.69) is 9.71 Å². The van der Waals surface area contributed by atoms with Gasteiger partial charge in [-0.3, -0.25) is 4.79 Å². The van der Waals surface area contributed by atoms with Crippen molar-refractivity contribution < 1.29 is 22.7 Å². The highest BCUT2D eigenvalue weighted by molar-refractivity contribution is 7.90. The van der Waals surface area contributed by atoms with E-state index in [0.717, 1.165) is 24.3 Å². The molecule has 3 aromatic rings. The Balaban J connectivity index is 1.80. The number of rotatable bonds is 4. The Hall–Kier alpha value is -3.78. The molecule has 150 valence electrons. The number of phenols is 1. The molecule has 0 bridgehead atoms. The highest BCUT2D eigenvalue weighted by Crippen LogP contribution is 2.25. The molecule has 8 heteroatoms. The molecular weight excluding hydrogens is 407 g/mol. The van der Waals surface area contributed by atoms with Crippen LogP contribution in [0.25, 0.3) is 0 Å². The van der Waals surface area contributed by atoms with Crippen molar-refractivity contribution in [2.75, 3.05) is 5.32 Å². The van der Waals surface area contributed by atoms with E-state index in [1.54, 1.807) is 36.4 Å². The van der Waals surface area contributed by atoms with Gasteiger partial charge in [-0.05, 0) is 54.6 Å². The summed E-state index contributed by atoms with van der Waals surface area (Å²) in [6.45, 7) is 0. The summed E-state index contributed by atoms with van der Waals surface area (Å²) in [7, 11) is -4.13. The minimum absolute atomic E-state index is 0.0717. The van der Waals surface area contributed by atoms with Crippen LogP contribution in [0.15, 0.2) is 93.9 Å². The third-order valence-electron chi connectivity index (χ3n) is 4.45. The number of allylic oxidation sites excluding steroid dienone is 2. The number of sulfonamides is 1. The van der Waals surface area contributed by atoms with Gasteiger partial charge in [0.1, 0.15) is 11.6 Å². The lowest BCUT2D eigenvalue weighted by Crippen LogP contribution is -2.22. The average Bonchev–Trinajstić information content (AvgIpc) is 2.73. The second-order valence-electron chi connectivity index (χ2n) is 6.51. The van der Waals surface area contributed by atoms with Crippen molar-refractivity contribution >= 4 is 27.2 Å². The van der Waals surface area contributed by atoms with Crippen LogP contribution >= 0.6 is 0 Å². The summed E-state index contributed by atoms with van der Waals surface area (Å²) >= 11 is 0. The first-order valence-electron chi connectivity index (χ1n) is 8.86. The van der Waals surface area contributed by atoms with Gasteiger partial charge in [-0.1, -0.05) is 24.3 Å². The van der Waals surface area contributed by atoms with Crippen LogP contribution in [0.4, 0.5) is 10.1 Å². The minimum atomic E-state index is -4.13. The fourth-order valence-electron chi connectivity index (χ4n) is 2.99. The zero-order valence-electron chi connectivity index (χ0n) is 15.4. The van der Waals surface area contributed by atoms with Crippen LogP contribution in [0.5, 0.6) is 5.75 Å². The number of fused-ring (bicyclic) bond motifs is 1. The highest BCUT2D eigenvalue weighted by atomic mass is 32.2. The van der Waals surface area contributed by atoms with Crippen LogP contribution in [-0.2, 0) is 10.0 Å². The number of aromatic hydroxyl groups is 1. The Bertz CT molecular complexity index is 1300. The summed E-state index contributed by atoms with van der Waals surface area (Å²) in [5, 5.41) is 12.4. The Kier molecular flexibility index (Phi) is 4.93. The van der Waals surface area contributed by atoms with Crippen LogP contribution in [-0.4, -0.2) is 25.0 Å². The Morgan fingerprint density at radius 3 is 2.17 bits per heavy atom. The van der Waals surface area contributed by atoms with Crippen LogP contribution in [0.3, 0.4) is 0 Å². The molecule has 1 aliphatic carbocycles. The van der Waals surface area contributed by atoms with Crippen molar-refractivity contribution in [3.63, 3.8) is 0 Å². The number of Topliss-reactive ketones (excluding diaryl/α,β-unsaturated/α-hetero) is 1. The number of nitrogens with zero attached hydrogens (tertiary/aromatic N) is 1. The predicted octanol–water partition coefficient (Wildman–Crippen LogP) is 3.90. The molecule has 0 heterocycles. The van der Waals surface area contributed by atoms with E-state index in [9.17, 15) is 22.7 Å². The normalized spacial score (nSPS) is 14.9. The molecule has 6 nitrogen and oxygen atoms in total. The number of hydrogen-bond donors (Lipinski definition) is 2. The van der Waals surface area contributed by atoms with Crippen LogP contribution < -0.4 is 5.32 Å². The zero-order chi connectivity index (χ0) is 21.3. The van der Waals surface area contributed by atoms with Gasteiger partial charge in [0.05, 0.1) is 16.3 Å². The summed E-state index contributed by atoms with van der Waals surface area (Å²) < 4.78 is 42.5. The van der Waals surface area contributed by atoms with Crippen molar-refractivity contribution in [1.82, 2.24) is 0 Å². The third-order valence-corrected chi connectivity index (χ3v) is 5.75. The van der Waals surface area contributed by atoms with Crippen LogP contribution in [0.1, 0.15) is 15.9 Å². The van der Waals surface area contributed by atoms with E-state index >= 15 is 0 Å². The second kappa shape index (κ2) is 7.57. The molecule has 30 heavy (non-hydrogen) atoms. The van der Waals surface area contributed by atoms with E-state index in [-0.39, 0.29) is 27.8 Å². The summed E-state index contributed by atoms with van der Waals surface area (Å²) in [5.41, 5.74) is 1.43. The van der Waals surface area contributed by atoms with Gasteiger partial charge in [0.2, 0.25) is 5.78 Å². The molecule has 0 spiro atoms. The molecule has 1 aliphatic rings. The fraction of sp³-hybridized carbons (Fsp3) is 0. The van der Waals surface area contributed by atoms with Gasteiger partial charge in [0.15, 0.2) is 0 Å². The van der Waals surface area contributed by atoms with Crippen molar-refractivity contribution in [2.24, 2.45) is 4.40 Å². The molecule has 0 unspecified atom stereocenters. The Morgan fingerprint density at radius 1 is 0.867 bits per heavy atom. The number of carbonyl (C=O) groups excluding carboxylic acids is 1. The van der Waals surface area contributed by atoms with Crippen molar-refractivity contribution in [2.45, 2.75) is 4.90 Å². The second-order valence-corrected chi connectivity index (χ2v) is 8.11. The lowest BCUT2D eigenvalue weighted by molar-refractivity contribution is 0.103. The quantitative estimate of drug-likeness (QED) is 0.622. The van der Waals surface area contributed by atoms with Gasteiger partial charge in [0, 0.05) is 16.8 Å². The number of anilines is 1. The van der Waals surface area contributed by atoms with Gasteiger partial charge in [-0.2, -0.15) is 12.8 Å². The topological polar surface area (TPSA) is 95.8 Å². The maximum Gasteiger partial charge on any atom is 0.282 e. The number of nitrogens with one attached hydrogen (secondary N) is 1. The molecule has 4 rings (SSSR count). The van der Waals surface area contributed by atoms with Gasteiger partial charge in [-0.15, -0.1) is 0 Å². The fourth-order valence-corrected chi connectivity index (χ4v) is 3.98. The molecule has 0 saturated heterocycles. The molecular formula is C22H15FN2O4S.